The number of aliphatic hydroxyl groups is 1. The number of piperazine rings is 1. The van der Waals surface area contributed by atoms with Gasteiger partial charge in [0.05, 0.1) is 6.61 Å². The first-order valence-corrected chi connectivity index (χ1v) is 9.02. The maximum atomic E-state index is 13.9. The average Bonchev–Trinajstić information content (AvgIpc) is 2.68. The van der Waals surface area contributed by atoms with Crippen LogP contribution in [0.3, 0.4) is 0 Å². The van der Waals surface area contributed by atoms with Crippen LogP contribution in [0.4, 0.5) is 10.1 Å². The molecular weight excluding hydrogens is 347 g/mol. The Morgan fingerprint density at radius 1 is 1.00 bits per heavy atom. The summed E-state index contributed by atoms with van der Waals surface area (Å²) in [5.74, 6) is -0.366. The van der Waals surface area contributed by atoms with E-state index in [-0.39, 0.29) is 18.0 Å². The summed E-state index contributed by atoms with van der Waals surface area (Å²) in [6.45, 7) is 3.83. The monoisotopic (exact) mass is 368 g/mol. The van der Waals surface area contributed by atoms with E-state index in [9.17, 15) is 9.18 Å². The molecule has 0 bridgehead atoms. The van der Waals surface area contributed by atoms with Crippen LogP contribution in [-0.2, 0) is 13.2 Å². The third kappa shape index (κ3) is 3.86. The highest BCUT2D eigenvalue weighted by molar-refractivity contribution is 5.76. The summed E-state index contributed by atoms with van der Waals surface area (Å²) in [7, 11) is 0. The molecule has 0 radical (unpaired) electrons. The molecule has 1 saturated heterocycles. The fourth-order valence-electron chi connectivity index (χ4n) is 3.49. The molecule has 0 spiro atoms. The molecule has 1 aromatic heterocycles. The minimum absolute atomic E-state index is 0.286. The number of benzene rings is 2. The first-order valence-electron chi connectivity index (χ1n) is 9.02. The van der Waals surface area contributed by atoms with Crippen molar-refractivity contribution in [2.75, 3.05) is 31.1 Å². The average molecular weight is 368 g/mol. The molecule has 2 aromatic carbocycles. The maximum absolute atomic E-state index is 13.9. The Bertz CT molecular complexity index is 1010. The van der Waals surface area contributed by atoms with Gasteiger partial charge in [0.15, 0.2) is 0 Å². The third-order valence-electron chi connectivity index (χ3n) is 5.04. The largest absolute Gasteiger partial charge is 0.423 e. The summed E-state index contributed by atoms with van der Waals surface area (Å²) >= 11 is 0. The van der Waals surface area contributed by atoms with Gasteiger partial charge in [-0.05, 0) is 29.8 Å². The predicted molar refractivity (Wildman–Crippen MR) is 102 cm³/mol. The number of halogens is 1. The zero-order chi connectivity index (χ0) is 18.8. The van der Waals surface area contributed by atoms with Gasteiger partial charge in [-0.3, -0.25) is 4.90 Å². The Hall–Kier alpha value is -2.70. The van der Waals surface area contributed by atoms with Crippen molar-refractivity contribution in [3.63, 3.8) is 0 Å². The SMILES string of the molecule is O=c1ccc2ccc(CN3CCN(c4ccc(CO)c(F)c4)CC3)cc2o1. The summed E-state index contributed by atoms with van der Waals surface area (Å²) in [6, 6.07) is 14.1. The van der Waals surface area contributed by atoms with Gasteiger partial charge < -0.3 is 14.4 Å². The minimum atomic E-state index is -0.366. The molecule has 0 unspecified atom stereocenters. The van der Waals surface area contributed by atoms with Gasteiger partial charge in [-0.1, -0.05) is 18.2 Å². The molecule has 5 nitrogen and oxygen atoms in total. The highest BCUT2D eigenvalue weighted by Gasteiger charge is 2.18. The van der Waals surface area contributed by atoms with Gasteiger partial charge in [-0.15, -0.1) is 0 Å². The first kappa shape index (κ1) is 17.7. The zero-order valence-corrected chi connectivity index (χ0v) is 14.9. The lowest BCUT2D eigenvalue weighted by Gasteiger charge is -2.36. The zero-order valence-electron chi connectivity index (χ0n) is 14.9. The van der Waals surface area contributed by atoms with Gasteiger partial charge in [-0.2, -0.15) is 0 Å². The second kappa shape index (κ2) is 7.50. The quantitative estimate of drug-likeness (QED) is 0.718. The fourth-order valence-corrected chi connectivity index (χ4v) is 3.49. The summed E-state index contributed by atoms with van der Waals surface area (Å²) < 4.78 is 19.2. The van der Waals surface area contributed by atoms with E-state index < -0.39 is 0 Å². The first-order chi connectivity index (χ1) is 13.1. The number of aliphatic hydroxyl groups excluding tert-OH is 1. The molecule has 0 amide bonds. The second-order valence-electron chi connectivity index (χ2n) is 6.82. The summed E-state index contributed by atoms with van der Waals surface area (Å²) in [5.41, 5.74) is 2.53. The highest BCUT2D eigenvalue weighted by Crippen LogP contribution is 2.21. The highest BCUT2D eigenvalue weighted by atomic mass is 19.1. The van der Waals surface area contributed by atoms with Crippen LogP contribution in [0.2, 0.25) is 0 Å². The van der Waals surface area contributed by atoms with Crippen molar-refractivity contribution >= 4 is 16.7 Å². The van der Waals surface area contributed by atoms with E-state index in [1.807, 2.05) is 18.2 Å². The molecule has 2 heterocycles. The van der Waals surface area contributed by atoms with Crippen LogP contribution in [-0.4, -0.2) is 36.2 Å². The Morgan fingerprint density at radius 2 is 1.78 bits per heavy atom. The van der Waals surface area contributed by atoms with Gasteiger partial charge >= 0.3 is 5.63 Å². The van der Waals surface area contributed by atoms with Crippen molar-refractivity contribution in [1.82, 2.24) is 4.90 Å². The summed E-state index contributed by atoms with van der Waals surface area (Å²) in [5, 5.41) is 10.0. The van der Waals surface area contributed by atoms with E-state index in [1.54, 1.807) is 12.1 Å². The lowest BCUT2D eigenvalue weighted by Crippen LogP contribution is -2.46. The van der Waals surface area contributed by atoms with Crippen LogP contribution in [0, 0.1) is 5.82 Å². The van der Waals surface area contributed by atoms with Gasteiger partial charge in [0, 0.05) is 55.4 Å². The molecule has 1 aliphatic heterocycles. The van der Waals surface area contributed by atoms with E-state index in [0.717, 1.165) is 49.4 Å². The molecule has 3 aromatic rings. The molecule has 6 heteroatoms. The van der Waals surface area contributed by atoms with Gasteiger partial charge in [-0.25, -0.2) is 9.18 Å². The molecule has 0 saturated carbocycles. The Kier molecular flexibility index (Phi) is 4.92. The number of fused-ring (bicyclic) bond motifs is 1. The molecule has 0 atom stereocenters. The second-order valence-corrected chi connectivity index (χ2v) is 6.82. The van der Waals surface area contributed by atoms with Crippen molar-refractivity contribution in [3.05, 3.63) is 75.9 Å². The minimum Gasteiger partial charge on any atom is -0.423 e. The molecule has 140 valence electrons. The number of rotatable bonds is 4. The smallest absolute Gasteiger partial charge is 0.336 e. The molecule has 1 fully saturated rings. The van der Waals surface area contributed by atoms with E-state index in [1.165, 1.54) is 12.1 Å². The molecule has 4 rings (SSSR count). The Labute approximate surface area is 156 Å². The van der Waals surface area contributed by atoms with Crippen LogP contribution in [0.1, 0.15) is 11.1 Å². The normalized spacial score (nSPS) is 15.4. The van der Waals surface area contributed by atoms with E-state index in [2.05, 4.69) is 15.9 Å². The van der Waals surface area contributed by atoms with E-state index in [0.29, 0.717) is 11.1 Å². The molecule has 0 aliphatic carbocycles. The van der Waals surface area contributed by atoms with Crippen LogP contribution in [0.15, 0.2) is 57.7 Å². The van der Waals surface area contributed by atoms with Gasteiger partial charge in [0.1, 0.15) is 11.4 Å². The Balaban J connectivity index is 1.41. The van der Waals surface area contributed by atoms with E-state index in [4.69, 9.17) is 9.52 Å². The van der Waals surface area contributed by atoms with Crippen molar-refractivity contribution in [2.24, 2.45) is 0 Å². The van der Waals surface area contributed by atoms with Crippen molar-refractivity contribution in [2.45, 2.75) is 13.2 Å². The van der Waals surface area contributed by atoms with Gasteiger partial charge in [0.2, 0.25) is 0 Å². The molecule has 27 heavy (non-hydrogen) atoms. The number of anilines is 1. The number of hydrogen-bond donors (Lipinski definition) is 1. The van der Waals surface area contributed by atoms with Crippen molar-refractivity contribution < 1.29 is 13.9 Å². The molecule has 1 N–H and O–H groups in total. The van der Waals surface area contributed by atoms with Crippen molar-refractivity contribution in [1.29, 1.82) is 0 Å². The maximum Gasteiger partial charge on any atom is 0.336 e. The summed E-state index contributed by atoms with van der Waals surface area (Å²) in [6.07, 6.45) is 0. The number of hydrogen-bond acceptors (Lipinski definition) is 5. The topological polar surface area (TPSA) is 56.9 Å². The van der Waals surface area contributed by atoms with Crippen LogP contribution in [0.25, 0.3) is 11.0 Å². The van der Waals surface area contributed by atoms with Crippen LogP contribution >= 0.6 is 0 Å². The predicted octanol–water partition coefficient (Wildman–Crippen LogP) is 2.75. The lowest BCUT2D eigenvalue weighted by molar-refractivity contribution is 0.249. The van der Waals surface area contributed by atoms with Crippen LogP contribution in [0.5, 0.6) is 0 Å². The van der Waals surface area contributed by atoms with Crippen LogP contribution < -0.4 is 10.5 Å². The molecule has 1 aliphatic rings. The lowest BCUT2D eigenvalue weighted by atomic mass is 10.1. The third-order valence-corrected chi connectivity index (χ3v) is 5.04. The van der Waals surface area contributed by atoms with E-state index >= 15 is 0 Å². The summed E-state index contributed by atoms with van der Waals surface area (Å²) in [4.78, 5) is 15.9. The Morgan fingerprint density at radius 3 is 2.52 bits per heavy atom. The molecular formula is C21H21FN2O3. The van der Waals surface area contributed by atoms with Crippen molar-refractivity contribution in [3.8, 4) is 0 Å². The fraction of sp³-hybridized carbons (Fsp3) is 0.286. The number of nitrogens with zero attached hydrogens (tertiary/aromatic N) is 2. The van der Waals surface area contributed by atoms with Gasteiger partial charge in [0.25, 0.3) is 0 Å². The standard InChI is InChI=1S/C21H21FN2O3/c22-19-12-18(5-3-17(19)14-25)24-9-7-23(8-10-24)13-15-1-2-16-4-6-21(26)27-20(16)11-15/h1-6,11-12,25H,7-10,13-14H2.